The molecule has 0 radical (unpaired) electrons. The van der Waals surface area contributed by atoms with Crippen LogP contribution < -0.4 is 5.32 Å². The molecule has 3 rings (SSSR count). The SMILES string of the molecule is CC(C)(Cc1cc(C2CCCC2B2OC(C)(C)C(C)(C)O2)ccn1)NC(=O)O. The Kier molecular flexibility index (Phi) is 5.54. The van der Waals surface area contributed by atoms with Crippen molar-refractivity contribution in [2.75, 3.05) is 0 Å². The molecule has 1 saturated heterocycles. The maximum absolute atomic E-state index is 11.0. The Labute approximate surface area is 168 Å². The standard InChI is InChI=1S/C21H33BN2O4/c1-19(2,24-18(25)26)13-15-12-14(10-11-23-15)16-8-7-9-17(16)22-27-20(3,4)21(5,6)28-22/h10-12,16-17,24H,7-9,13H2,1-6H3,(H,25,26). The molecule has 2 unspecified atom stereocenters. The Bertz CT molecular complexity index is 719. The molecule has 2 N–H and O–H groups in total. The summed E-state index contributed by atoms with van der Waals surface area (Å²) >= 11 is 0. The summed E-state index contributed by atoms with van der Waals surface area (Å²) in [5.74, 6) is 0.688. The van der Waals surface area contributed by atoms with Crippen molar-refractivity contribution in [1.82, 2.24) is 10.3 Å². The molecule has 0 bridgehead atoms. The van der Waals surface area contributed by atoms with Crippen molar-refractivity contribution in [3.05, 3.63) is 29.6 Å². The Morgan fingerprint density at radius 3 is 2.54 bits per heavy atom. The first-order chi connectivity index (χ1) is 12.9. The summed E-state index contributed by atoms with van der Waals surface area (Å²) in [5, 5.41) is 11.6. The van der Waals surface area contributed by atoms with E-state index in [0.29, 0.717) is 18.2 Å². The van der Waals surface area contributed by atoms with Crippen molar-refractivity contribution in [2.45, 2.75) is 95.7 Å². The van der Waals surface area contributed by atoms with Gasteiger partial charge in [0.15, 0.2) is 0 Å². The number of carboxylic acid groups (broad SMARTS) is 1. The molecule has 1 amide bonds. The number of pyridine rings is 1. The van der Waals surface area contributed by atoms with Crippen molar-refractivity contribution < 1.29 is 19.2 Å². The zero-order valence-corrected chi connectivity index (χ0v) is 17.9. The van der Waals surface area contributed by atoms with E-state index in [1.165, 1.54) is 5.56 Å². The Morgan fingerprint density at radius 1 is 1.29 bits per heavy atom. The third-order valence-corrected chi connectivity index (χ3v) is 6.53. The maximum Gasteiger partial charge on any atom is 0.461 e. The Hall–Kier alpha value is -1.60. The van der Waals surface area contributed by atoms with Gasteiger partial charge in [-0.3, -0.25) is 4.98 Å². The predicted molar refractivity (Wildman–Crippen MR) is 110 cm³/mol. The predicted octanol–water partition coefficient (Wildman–Crippen LogP) is 4.40. The molecule has 28 heavy (non-hydrogen) atoms. The van der Waals surface area contributed by atoms with Gasteiger partial charge < -0.3 is 19.7 Å². The molecule has 2 aliphatic rings. The van der Waals surface area contributed by atoms with Gasteiger partial charge in [0.05, 0.1) is 11.2 Å². The van der Waals surface area contributed by atoms with E-state index in [0.717, 1.165) is 25.0 Å². The number of amides is 1. The smallest absolute Gasteiger partial charge is 0.461 e. The summed E-state index contributed by atoms with van der Waals surface area (Å²) in [7, 11) is -0.195. The summed E-state index contributed by atoms with van der Waals surface area (Å²) in [6.07, 6.45) is 4.71. The van der Waals surface area contributed by atoms with Gasteiger partial charge in [0.25, 0.3) is 0 Å². The lowest BCUT2D eigenvalue weighted by Crippen LogP contribution is -2.44. The zero-order chi connectivity index (χ0) is 20.7. The van der Waals surface area contributed by atoms with E-state index in [4.69, 9.17) is 14.4 Å². The molecular weight excluding hydrogens is 355 g/mol. The summed E-state index contributed by atoms with van der Waals surface area (Å²) in [6, 6.07) is 4.20. The van der Waals surface area contributed by atoms with Gasteiger partial charge in [-0.15, -0.1) is 0 Å². The van der Waals surface area contributed by atoms with Crippen LogP contribution in [0.5, 0.6) is 0 Å². The average molecular weight is 388 g/mol. The lowest BCUT2D eigenvalue weighted by Gasteiger charge is -2.32. The van der Waals surface area contributed by atoms with Crippen LogP contribution in [-0.2, 0) is 15.7 Å². The number of hydrogen-bond donors (Lipinski definition) is 2. The first-order valence-corrected chi connectivity index (χ1v) is 10.2. The molecule has 0 spiro atoms. The second-order valence-electron chi connectivity index (χ2n) is 9.90. The van der Waals surface area contributed by atoms with Gasteiger partial charge in [-0.1, -0.05) is 12.8 Å². The fourth-order valence-electron chi connectivity index (χ4n) is 4.40. The molecule has 6 nitrogen and oxygen atoms in total. The lowest BCUT2D eigenvalue weighted by atomic mass is 9.64. The van der Waals surface area contributed by atoms with Crippen LogP contribution in [0.3, 0.4) is 0 Å². The molecule has 1 aromatic heterocycles. The molecular formula is C21H33BN2O4. The van der Waals surface area contributed by atoms with Crippen LogP contribution in [0.25, 0.3) is 0 Å². The quantitative estimate of drug-likeness (QED) is 0.731. The third kappa shape index (κ3) is 4.36. The van der Waals surface area contributed by atoms with E-state index in [1.807, 2.05) is 20.0 Å². The number of rotatable bonds is 5. The van der Waals surface area contributed by atoms with Gasteiger partial charge in [0, 0.05) is 29.7 Å². The minimum absolute atomic E-state index is 0.195. The minimum atomic E-state index is -1.02. The van der Waals surface area contributed by atoms with Crippen molar-refractivity contribution in [1.29, 1.82) is 0 Å². The van der Waals surface area contributed by atoms with E-state index >= 15 is 0 Å². The van der Waals surface area contributed by atoms with Gasteiger partial charge in [-0.05, 0) is 71.6 Å². The highest BCUT2D eigenvalue weighted by atomic mass is 16.7. The number of nitrogens with one attached hydrogen (secondary N) is 1. The largest absolute Gasteiger partial charge is 0.465 e. The normalized spacial score (nSPS) is 26.4. The minimum Gasteiger partial charge on any atom is -0.465 e. The summed E-state index contributed by atoms with van der Waals surface area (Å²) in [5.41, 5.74) is 0.934. The molecule has 154 valence electrons. The fourth-order valence-corrected chi connectivity index (χ4v) is 4.40. The molecule has 2 atom stereocenters. The molecule has 1 saturated carbocycles. The molecule has 2 heterocycles. The fraction of sp³-hybridized carbons (Fsp3) is 0.714. The van der Waals surface area contributed by atoms with Crippen molar-refractivity contribution in [3.63, 3.8) is 0 Å². The van der Waals surface area contributed by atoms with Gasteiger partial charge in [0.2, 0.25) is 0 Å². The van der Waals surface area contributed by atoms with Gasteiger partial charge in [0.1, 0.15) is 0 Å². The second kappa shape index (κ2) is 7.34. The monoisotopic (exact) mass is 388 g/mol. The van der Waals surface area contributed by atoms with Crippen LogP contribution in [-0.4, -0.2) is 40.0 Å². The van der Waals surface area contributed by atoms with Crippen LogP contribution in [0.2, 0.25) is 5.82 Å². The van der Waals surface area contributed by atoms with Gasteiger partial charge in [-0.2, -0.15) is 0 Å². The highest BCUT2D eigenvalue weighted by molar-refractivity contribution is 6.47. The topological polar surface area (TPSA) is 80.7 Å². The summed E-state index contributed by atoms with van der Waals surface area (Å²) in [4.78, 5) is 15.5. The van der Waals surface area contributed by atoms with E-state index in [9.17, 15) is 4.79 Å². The number of carbonyl (C=O) groups is 1. The number of hydrogen-bond acceptors (Lipinski definition) is 4. The Balaban J connectivity index is 1.77. The average Bonchev–Trinajstić information content (AvgIpc) is 3.08. The van der Waals surface area contributed by atoms with Crippen LogP contribution in [0.15, 0.2) is 18.3 Å². The lowest BCUT2D eigenvalue weighted by molar-refractivity contribution is 0.00578. The van der Waals surface area contributed by atoms with Crippen molar-refractivity contribution >= 4 is 13.2 Å². The first kappa shape index (κ1) is 21.1. The van der Waals surface area contributed by atoms with Crippen LogP contribution >= 0.6 is 0 Å². The van der Waals surface area contributed by atoms with E-state index < -0.39 is 11.6 Å². The molecule has 0 aromatic carbocycles. The molecule has 2 fully saturated rings. The van der Waals surface area contributed by atoms with Crippen LogP contribution in [0.1, 0.15) is 78.0 Å². The van der Waals surface area contributed by atoms with Gasteiger partial charge in [-0.25, -0.2) is 4.79 Å². The number of aromatic nitrogens is 1. The van der Waals surface area contributed by atoms with Gasteiger partial charge >= 0.3 is 13.2 Å². The molecule has 1 aliphatic heterocycles. The number of nitrogens with zero attached hydrogens (tertiary/aromatic N) is 1. The zero-order valence-electron chi connectivity index (χ0n) is 17.9. The van der Waals surface area contributed by atoms with Crippen molar-refractivity contribution in [2.24, 2.45) is 0 Å². The van der Waals surface area contributed by atoms with Crippen molar-refractivity contribution in [3.8, 4) is 0 Å². The van der Waals surface area contributed by atoms with E-state index in [-0.39, 0.29) is 18.3 Å². The van der Waals surface area contributed by atoms with E-state index in [1.54, 1.807) is 0 Å². The maximum atomic E-state index is 11.0. The highest BCUT2D eigenvalue weighted by Crippen LogP contribution is 2.51. The molecule has 1 aromatic rings. The second-order valence-corrected chi connectivity index (χ2v) is 9.90. The molecule has 7 heteroatoms. The summed E-state index contributed by atoms with van der Waals surface area (Å²) in [6.45, 7) is 12.1. The summed E-state index contributed by atoms with van der Waals surface area (Å²) < 4.78 is 12.7. The van der Waals surface area contributed by atoms with E-state index in [2.05, 4.69) is 50.1 Å². The third-order valence-electron chi connectivity index (χ3n) is 6.53. The molecule has 1 aliphatic carbocycles. The highest BCUT2D eigenvalue weighted by Gasteiger charge is 2.55. The first-order valence-electron chi connectivity index (χ1n) is 10.2. The van der Waals surface area contributed by atoms with Crippen LogP contribution in [0, 0.1) is 0 Å². The Morgan fingerprint density at radius 2 is 1.93 bits per heavy atom. The van der Waals surface area contributed by atoms with Crippen LogP contribution in [0.4, 0.5) is 4.79 Å².